The number of ether oxygens (including phenoxy) is 2. The zero-order valence-electron chi connectivity index (χ0n) is 21.0. The summed E-state index contributed by atoms with van der Waals surface area (Å²) in [4.78, 5) is 13.0. The van der Waals surface area contributed by atoms with E-state index in [1.54, 1.807) is 25.3 Å². The van der Waals surface area contributed by atoms with Gasteiger partial charge in [0, 0.05) is 25.0 Å². The summed E-state index contributed by atoms with van der Waals surface area (Å²) >= 11 is 0. The van der Waals surface area contributed by atoms with Gasteiger partial charge in [-0.1, -0.05) is 49.9 Å². The van der Waals surface area contributed by atoms with Crippen molar-refractivity contribution in [1.29, 1.82) is 0 Å². The Kier molecular flexibility index (Phi) is 7.47. The normalized spacial score (nSPS) is 20.6. The van der Waals surface area contributed by atoms with Crippen molar-refractivity contribution in [2.75, 3.05) is 13.7 Å². The van der Waals surface area contributed by atoms with Crippen molar-refractivity contribution in [3.8, 4) is 28.4 Å². The highest BCUT2D eigenvalue weighted by Gasteiger charge is 2.31. The minimum atomic E-state index is 0.0406. The predicted molar refractivity (Wildman–Crippen MR) is 142 cm³/mol. The Hall–Kier alpha value is -3.05. The number of aromatic hydroxyl groups is 2. The Labute approximate surface area is 213 Å². The molecule has 5 nitrogen and oxygen atoms in total. The zero-order valence-corrected chi connectivity index (χ0v) is 21.0. The van der Waals surface area contributed by atoms with Gasteiger partial charge in [-0.15, -0.1) is 0 Å². The van der Waals surface area contributed by atoms with E-state index in [0.717, 1.165) is 52.8 Å². The molecule has 1 heterocycles. The van der Waals surface area contributed by atoms with E-state index in [-0.39, 0.29) is 23.4 Å². The summed E-state index contributed by atoms with van der Waals surface area (Å²) in [5.74, 6) is 2.41. The first-order valence-corrected chi connectivity index (χ1v) is 13.3. The molecule has 1 saturated heterocycles. The van der Waals surface area contributed by atoms with E-state index in [1.165, 1.54) is 25.7 Å². The summed E-state index contributed by atoms with van der Waals surface area (Å²) in [5, 5.41) is 22.3. The third-order valence-corrected chi connectivity index (χ3v) is 8.14. The van der Waals surface area contributed by atoms with Crippen molar-refractivity contribution < 1.29 is 24.5 Å². The van der Waals surface area contributed by atoms with Crippen LogP contribution < -0.4 is 4.74 Å². The number of Topliss-reactive ketones (excluding diaryl/α,β-unsaturated/α-hetero) is 1. The van der Waals surface area contributed by atoms with Crippen LogP contribution in [0.2, 0.25) is 0 Å². The number of hydrogen-bond acceptors (Lipinski definition) is 5. The van der Waals surface area contributed by atoms with Crippen molar-refractivity contribution in [2.45, 2.75) is 63.9 Å². The van der Waals surface area contributed by atoms with E-state index >= 15 is 0 Å². The topological polar surface area (TPSA) is 76.0 Å². The standard InChI is InChI=1S/C31H36O5/c1-35-31-29(34)13-10-22(30(31)24-7-6-21-8-11-26(32)17-25(21)16-24)9-12-27(33)19-28-18-23(14-15-36-28)20-4-2-3-5-20/h6-8,10-11,13,16-17,20,23,28,32,34H,2-5,9,12,14-15,18-19H2,1H3/t23-,28-/m0/s1. The number of benzene rings is 3. The van der Waals surface area contributed by atoms with E-state index in [1.807, 2.05) is 30.3 Å². The fourth-order valence-electron chi connectivity index (χ4n) is 6.27. The maximum absolute atomic E-state index is 13.0. The molecule has 0 bridgehead atoms. The summed E-state index contributed by atoms with van der Waals surface area (Å²) in [6, 6.07) is 14.7. The monoisotopic (exact) mass is 488 g/mol. The number of phenols is 2. The van der Waals surface area contributed by atoms with Crippen molar-refractivity contribution in [3.05, 3.63) is 54.1 Å². The van der Waals surface area contributed by atoms with Gasteiger partial charge in [0.05, 0.1) is 13.2 Å². The second kappa shape index (κ2) is 10.9. The first-order valence-electron chi connectivity index (χ1n) is 13.3. The number of hydrogen-bond donors (Lipinski definition) is 2. The third kappa shape index (κ3) is 5.36. The van der Waals surface area contributed by atoms with Gasteiger partial charge in [0.25, 0.3) is 0 Å². The Morgan fingerprint density at radius 2 is 1.78 bits per heavy atom. The zero-order chi connectivity index (χ0) is 25.1. The summed E-state index contributed by atoms with van der Waals surface area (Å²) < 4.78 is 11.6. The van der Waals surface area contributed by atoms with Crippen LogP contribution in [0.5, 0.6) is 17.2 Å². The van der Waals surface area contributed by atoms with E-state index in [2.05, 4.69) is 0 Å². The first-order chi connectivity index (χ1) is 17.5. The fraction of sp³-hybridized carbons (Fsp3) is 0.452. The van der Waals surface area contributed by atoms with Crippen LogP contribution >= 0.6 is 0 Å². The molecule has 2 aliphatic rings. The van der Waals surface area contributed by atoms with Crippen LogP contribution in [0.15, 0.2) is 48.5 Å². The lowest BCUT2D eigenvalue weighted by Gasteiger charge is -2.33. The summed E-state index contributed by atoms with van der Waals surface area (Å²) in [5.41, 5.74) is 2.61. The maximum Gasteiger partial charge on any atom is 0.168 e. The average molecular weight is 489 g/mol. The molecular formula is C31H36O5. The molecule has 36 heavy (non-hydrogen) atoms. The van der Waals surface area contributed by atoms with Gasteiger partial charge >= 0.3 is 0 Å². The van der Waals surface area contributed by atoms with Gasteiger partial charge in [0.1, 0.15) is 11.5 Å². The molecule has 1 saturated carbocycles. The van der Waals surface area contributed by atoms with E-state index in [9.17, 15) is 15.0 Å². The summed E-state index contributed by atoms with van der Waals surface area (Å²) in [7, 11) is 1.54. The second-order valence-electron chi connectivity index (χ2n) is 10.5. The number of ketones is 1. The molecule has 0 radical (unpaired) electrons. The first kappa shape index (κ1) is 24.6. The van der Waals surface area contributed by atoms with Gasteiger partial charge in [0.2, 0.25) is 0 Å². The number of aryl methyl sites for hydroxylation is 1. The minimum Gasteiger partial charge on any atom is -0.508 e. The number of rotatable bonds is 8. The molecular weight excluding hydrogens is 452 g/mol. The molecule has 2 atom stereocenters. The lowest BCUT2D eigenvalue weighted by Crippen LogP contribution is -2.31. The second-order valence-corrected chi connectivity index (χ2v) is 10.5. The van der Waals surface area contributed by atoms with Crippen molar-refractivity contribution in [3.63, 3.8) is 0 Å². The molecule has 0 aromatic heterocycles. The molecule has 3 aromatic carbocycles. The highest BCUT2D eigenvalue weighted by Crippen LogP contribution is 2.42. The van der Waals surface area contributed by atoms with Crippen LogP contribution in [0.4, 0.5) is 0 Å². The molecule has 5 heteroatoms. The minimum absolute atomic E-state index is 0.0406. The van der Waals surface area contributed by atoms with E-state index in [4.69, 9.17) is 9.47 Å². The van der Waals surface area contributed by atoms with Crippen LogP contribution in [0.25, 0.3) is 21.9 Å². The van der Waals surface area contributed by atoms with Gasteiger partial charge in [-0.05, 0) is 77.3 Å². The van der Waals surface area contributed by atoms with Gasteiger partial charge in [-0.25, -0.2) is 0 Å². The third-order valence-electron chi connectivity index (χ3n) is 8.14. The lowest BCUT2D eigenvalue weighted by atomic mass is 9.81. The molecule has 1 aliphatic carbocycles. The van der Waals surface area contributed by atoms with E-state index < -0.39 is 0 Å². The molecule has 3 aromatic rings. The fourth-order valence-corrected chi connectivity index (χ4v) is 6.27. The quantitative estimate of drug-likeness (QED) is 0.364. The number of methoxy groups -OCH3 is 1. The molecule has 2 N–H and O–H groups in total. The highest BCUT2D eigenvalue weighted by atomic mass is 16.5. The lowest BCUT2D eigenvalue weighted by molar-refractivity contribution is -0.123. The average Bonchev–Trinajstić information content (AvgIpc) is 3.43. The number of fused-ring (bicyclic) bond motifs is 1. The molecule has 190 valence electrons. The maximum atomic E-state index is 13.0. The van der Waals surface area contributed by atoms with Crippen LogP contribution in [-0.4, -0.2) is 35.8 Å². The molecule has 0 spiro atoms. The Bertz CT molecular complexity index is 1230. The Morgan fingerprint density at radius 1 is 0.972 bits per heavy atom. The van der Waals surface area contributed by atoms with Crippen molar-refractivity contribution >= 4 is 16.6 Å². The Balaban J connectivity index is 1.32. The van der Waals surface area contributed by atoms with Crippen molar-refractivity contribution in [2.24, 2.45) is 11.8 Å². The van der Waals surface area contributed by atoms with Crippen LogP contribution in [0, 0.1) is 11.8 Å². The Morgan fingerprint density at radius 3 is 2.58 bits per heavy atom. The largest absolute Gasteiger partial charge is 0.508 e. The molecule has 2 fully saturated rings. The van der Waals surface area contributed by atoms with Crippen LogP contribution in [-0.2, 0) is 16.0 Å². The number of phenolic OH excluding ortho intramolecular Hbond substituents is 2. The van der Waals surface area contributed by atoms with Gasteiger partial charge in [0.15, 0.2) is 11.5 Å². The number of carbonyl (C=O) groups excluding carboxylic acids is 1. The van der Waals surface area contributed by atoms with Crippen molar-refractivity contribution in [1.82, 2.24) is 0 Å². The molecule has 1 aliphatic heterocycles. The summed E-state index contributed by atoms with van der Waals surface area (Å²) in [6.45, 7) is 0.774. The van der Waals surface area contributed by atoms with Gasteiger partial charge in [-0.3, -0.25) is 4.79 Å². The molecule has 5 rings (SSSR count). The summed E-state index contributed by atoms with van der Waals surface area (Å²) in [6.07, 6.45) is 9.02. The van der Waals surface area contributed by atoms with E-state index in [0.29, 0.717) is 30.9 Å². The van der Waals surface area contributed by atoms with Gasteiger partial charge in [-0.2, -0.15) is 0 Å². The van der Waals surface area contributed by atoms with Gasteiger partial charge < -0.3 is 19.7 Å². The predicted octanol–water partition coefficient (Wildman–Crippen LogP) is 6.80. The molecule has 0 unspecified atom stereocenters. The SMILES string of the molecule is COc1c(O)ccc(CCC(=O)C[C@@H]2C[C@@H](C3CCCC3)CCO2)c1-c1ccc2ccc(O)cc2c1. The smallest absolute Gasteiger partial charge is 0.168 e. The van der Waals surface area contributed by atoms with Crippen LogP contribution in [0.3, 0.4) is 0 Å². The molecule has 0 amide bonds. The van der Waals surface area contributed by atoms with Crippen LogP contribution in [0.1, 0.15) is 56.9 Å². The highest BCUT2D eigenvalue weighted by molar-refractivity contribution is 5.90. The number of carbonyl (C=O) groups is 1.